The molecule has 0 bridgehead atoms. The fraction of sp³-hybridized carbons (Fsp3) is 0.371. The van der Waals surface area contributed by atoms with Gasteiger partial charge in [0.1, 0.15) is 6.61 Å². The molecule has 3 amide bonds. The Kier molecular flexibility index (Phi) is 10.6. The second-order valence-electron chi connectivity index (χ2n) is 11.2. The molecule has 1 atom stereocenters. The van der Waals surface area contributed by atoms with Crippen LogP contribution in [0.4, 0.5) is 16.2 Å². The third-order valence-electron chi connectivity index (χ3n) is 8.20. The Hall–Kier alpha value is -4.21. The molecule has 1 N–H and O–H groups in total. The largest absolute Gasteiger partial charge is 0.446 e. The highest BCUT2D eigenvalue weighted by atomic mass is 16.6. The van der Waals surface area contributed by atoms with E-state index in [0.717, 1.165) is 54.9 Å². The first-order valence-electron chi connectivity index (χ1n) is 15.5. The van der Waals surface area contributed by atoms with E-state index in [1.165, 1.54) is 0 Å². The van der Waals surface area contributed by atoms with E-state index in [1.807, 2.05) is 83.6 Å². The van der Waals surface area contributed by atoms with Gasteiger partial charge in [-0.25, -0.2) is 14.8 Å². The van der Waals surface area contributed by atoms with Crippen LogP contribution in [0.1, 0.15) is 43.0 Å². The summed E-state index contributed by atoms with van der Waals surface area (Å²) in [6, 6.07) is 25.2. The molecule has 0 spiro atoms. The normalized spacial score (nSPS) is 16.7. The lowest BCUT2D eigenvalue weighted by atomic mass is 10.0. The summed E-state index contributed by atoms with van der Waals surface area (Å²) in [6.07, 6.45) is 4.79. The van der Waals surface area contributed by atoms with Crippen molar-refractivity contribution in [3.63, 3.8) is 0 Å². The molecular formula is C35H42N5O4. The first-order valence-corrected chi connectivity index (χ1v) is 15.5. The lowest BCUT2D eigenvalue weighted by Gasteiger charge is -2.37. The number of amides is 3. The van der Waals surface area contributed by atoms with Gasteiger partial charge in [0.25, 0.3) is 5.91 Å². The minimum absolute atomic E-state index is 0.0357. The number of hydrogen-bond donors (Lipinski definition) is 1. The zero-order chi connectivity index (χ0) is 30.9. The Bertz CT molecular complexity index is 1420. The highest BCUT2D eigenvalue weighted by molar-refractivity contribution is 5.98. The first-order chi connectivity index (χ1) is 21.5. The lowest BCUT2D eigenvalue weighted by molar-refractivity contribution is -0.118. The fourth-order valence-corrected chi connectivity index (χ4v) is 5.85. The smallest absolute Gasteiger partial charge is 0.429 e. The van der Waals surface area contributed by atoms with Crippen molar-refractivity contribution >= 4 is 29.3 Å². The molecule has 9 heteroatoms. The third kappa shape index (κ3) is 7.29. The van der Waals surface area contributed by atoms with Crippen molar-refractivity contribution in [2.24, 2.45) is 0 Å². The van der Waals surface area contributed by atoms with Crippen molar-refractivity contribution in [3.05, 3.63) is 90.8 Å². The number of ether oxygens (including phenoxy) is 1. The molecule has 1 radical (unpaired) electrons. The number of rotatable bonds is 10. The highest BCUT2D eigenvalue weighted by Gasteiger charge is 2.30. The Morgan fingerprint density at radius 1 is 0.955 bits per heavy atom. The first kappa shape index (κ1) is 31.2. The third-order valence-corrected chi connectivity index (χ3v) is 8.20. The summed E-state index contributed by atoms with van der Waals surface area (Å²) in [6.45, 7) is 5.14. The molecule has 2 saturated heterocycles. The van der Waals surface area contributed by atoms with Gasteiger partial charge >= 0.3 is 6.09 Å². The van der Waals surface area contributed by atoms with E-state index in [9.17, 15) is 14.4 Å². The van der Waals surface area contributed by atoms with E-state index in [0.29, 0.717) is 25.1 Å². The van der Waals surface area contributed by atoms with Crippen molar-refractivity contribution in [3.8, 4) is 11.1 Å². The molecule has 231 valence electrons. The van der Waals surface area contributed by atoms with E-state index >= 15 is 0 Å². The van der Waals surface area contributed by atoms with Gasteiger partial charge in [0.15, 0.2) is 0 Å². The molecule has 3 aromatic carbocycles. The number of carbonyl (C=O) groups excluding carboxylic acids is 3. The van der Waals surface area contributed by atoms with Gasteiger partial charge in [-0.1, -0.05) is 61.5 Å². The number of anilines is 2. The minimum Gasteiger partial charge on any atom is -0.446 e. The van der Waals surface area contributed by atoms with Gasteiger partial charge in [0, 0.05) is 49.9 Å². The average Bonchev–Trinajstić information content (AvgIpc) is 3.60. The van der Waals surface area contributed by atoms with Gasteiger partial charge in [0.05, 0.1) is 18.3 Å². The maximum absolute atomic E-state index is 13.7. The number of piperidine rings is 1. The maximum atomic E-state index is 13.7. The average molecular weight is 597 g/mol. The van der Waals surface area contributed by atoms with Gasteiger partial charge in [-0.05, 0) is 62.1 Å². The molecule has 0 saturated carbocycles. The molecule has 3 aromatic rings. The molecule has 2 heterocycles. The van der Waals surface area contributed by atoms with Crippen LogP contribution < -0.4 is 15.2 Å². The number of carbonyl (C=O) groups is 3. The van der Waals surface area contributed by atoms with Crippen LogP contribution in [-0.4, -0.2) is 80.2 Å². The van der Waals surface area contributed by atoms with Gasteiger partial charge in [-0.3, -0.25) is 9.59 Å². The molecule has 2 aliphatic heterocycles. The zero-order valence-electron chi connectivity index (χ0n) is 25.7. The highest BCUT2D eigenvalue weighted by Crippen LogP contribution is 2.33. The summed E-state index contributed by atoms with van der Waals surface area (Å²) >= 11 is 0. The number of nitrogens with one attached hydrogen (secondary N) is 1. The van der Waals surface area contributed by atoms with Crippen LogP contribution in [-0.2, 0) is 9.53 Å². The van der Waals surface area contributed by atoms with Crippen molar-refractivity contribution in [1.29, 1.82) is 0 Å². The number of para-hydroxylation sites is 1. The number of hydrogen-bond acceptors (Lipinski definition) is 6. The van der Waals surface area contributed by atoms with Crippen LogP contribution in [0.25, 0.3) is 11.1 Å². The predicted octanol–water partition coefficient (Wildman–Crippen LogP) is 5.39. The quantitative estimate of drug-likeness (QED) is 0.338. The van der Waals surface area contributed by atoms with Crippen LogP contribution in [0.5, 0.6) is 0 Å². The Morgan fingerprint density at radius 2 is 1.70 bits per heavy atom. The molecule has 5 rings (SSSR count). The van der Waals surface area contributed by atoms with E-state index < -0.39 is 6.09 Å². The second kappa shape index (κ2) is 15.0. The molecule has 44 heavy (non-hydrogen) atoms. The zero-order valence-corrected chi connectivity index (χ0v) is 25.7. The van der Waals surface area contributed by atoms with Crippen molar-refractivity contribution in [2.45, 2.75) is 38.6 Å². The van der Waals surface area contributed by atoms with Gasteiger partial charge < -0.3 is 19.9 Å². The van der Waals surface area contributed by atoms with Crippen LogP contribution in [0.3, 0.4) is 0 Å². The Labute approximate surface area is 260 Å². The summed E-state index contributed by atoms with van der Waals surface area (Å²) in [4.78, 5) is 43.3. The number of benzene rings is 3. The van der Waals surface area contributed by atoms with E-state index in [-0.39, 0.29) is 31.0 Å². The van der Waals surface area contributed by atoms with Crippen LogP contribution in [0, 0.1) is 6.42 Å². The molecule has 0 aromatic heterocycles. The molecular weight excluding hydrogens is 554 g/mol. The summed E-state index contributed by atoms with van der Waals surface area (Å²) < 4.78 is 5.82. The maximum Gasteiger partial charge on any atom is 0.429 e. The van der Waals surface area contributed by atoms with Crippen LogP contribution in [0.15, 0.2) is 78.9 Å². The van der Waals surface area contributed by atoms with Crippen molar-refractivity contribution in [1.82, 2.24) is 15.2 Å². The summed E-state index contributed by atoms with van der Waals surface area (Å²) in [5.41, 5.74) is 3.92. The topological polar surface area (TPSA) is 85.4 Å². The molecule has 1 unspecified atom stereocenters. The standard InChI is InChI=1S/C35H42N5O4/c1-3-33(41)39(30-19-20-36-26-30)29-16-12-15-28(25-29)34(42)37(2)23-24-44-35(43)40(38-21-10-5-11-22-38)32-18-9-8-17-31(32)27-13-6-4-7-14-27/h4-9,12-18,25,30,36H,3,10-11,19-24,26H2,1-2H3. The van der Waals surface area contributed by atoms with E-state index in [4.69, 9.17) is 4.74 Å². The van der Waals surface area contributed by atoms with E-state index in [2.05, 4.69) is 11.7 Å². The van der Waals surface area contributed by atoms with Crippen LogP contribution in [0.2, 0.25) is 0 Å². The number of nitrogens with zero attached hydrogens (tertiary/aromatic N) is 4. The van der Waals surface area contributed by atoms with E-state index in [1.54, 1.807) is 29.1 Å². The number of likely N-dealkylation sites (N-methyl/N-ethyl adjacent to an activating group) is 1. The van der Waals surface area contributed by atoms with Crippen molar-refractivity contribution < 1.29 is 19.1 Å². The SMILES string of the molecule is CCC(=O)N(c1cccc(C(=O)N(C)CCOC(=O)N(c2ccccc2-c2ccccc2)N2CC[CH]CC2)c1)C1CCNC1. The fourth-order valence-electron chi connectivity index (χ4n) is 5.85. The van der Waals surface area contributed by atoms with Gasteiger partial charge in [-0.15, -0.1) is 0 Å². The van der Waals surface area contributed by atoms with Crippen LogP contribution >= 0.6 is 0 Å². The minimum atomic E-state index is -0.475. The monoisotopic (exact) mass is 596 g/mol. The summed E-state index contributed by atoms with van der Waals surface area (Å²) in [7, 11) is 1.70. The molecule has 9 nitrogen and oxygen atoms in total. The Morgan fingerprint density at radius 3 is 2.43 bits per heavy atom. The molecule has 2 aliphatic rings. The number of hydrazine groups is 1. The molecule has 2 fully saturated rings. The van der Waals surface area contributed by atoms with Gasteiger partial charge in [0.2, 0.25) is 5.91 Å². The van der Waals surface area contributed by atoms with Crippen molar-refractivity contribution in [2.75, 3.05) is 56.3 Å². The van der Waals surface area contributed by atoms with Gasteiger partial charge in [-0.2, -0.15) is 0 Å². The summed E-state index contributed by atoms with van der Waals surface area (Å²) in [5.74, 6) is -0.164. The predicted molar refractivity (Wildman–Crippen MR) is 173 cm³/mol. The molecule has 0 aliphatic carbocycles. The Balaban J connectivity index is 1.27. The summed E-state index contributed by atoms with van der Waals surface area (Å²) in [5, 5.41) is 7.01. The second-order valence-corrected chi connectivity index (χ2v) is 11.2. The lowest BCUT2D eigenvalue weighted by Crippen LogP contribution is -2.50.